The van der Waals surface area contributed by atoms with Crippen LogP contribution in [0.5, 0.6) is 0 Å². The number of carbonyl (C=O) groups excluding carboxylic acids is 1. The van der Waals surface area contributed by atoms with Gasteiger partial charge in [-0.3, -0.25) is 9.59 Å². The quantitative estimate of drug-likeness (QED) is 0.829. The number of carbonyl (C=O) groups is 1. The van der Waals surface area contributed by atoms with E-state index in [1.165, 1.54) is 10.6 Å². The molecule has 1 saturated carbocycles. The molecule has 2 fully saturated rings. The predicted octanol–water partition coefficient (Wildman–Crippen LogP) is 0.466. The molecule has 0 spiro atoms. The first-order valence-electron chi connectivity index (χ1n) is 7.17. The minimum absolute atomic E-state index is 0.0494. The second-order valence-electron chi connectivity index (χ2n) is 6.60. The normalized spacial score (nSPS) is 33.1. The zero-order valence-electron chi connectivity index (χ0n) is 12.6. The van der Waals surface area contributed by atoms with Gasteiger partial charge in [-0.05, 0) is 12.5 Å². The summed E-state index contributed by atoms with van der Waals surface area (Å²) < 4.78 is 7.12. The average molecular weight is 291 g/mol. The molecule has 3 N–H and O–H groups in total. The van der Waals surface area contributed by atoms with Gasteiger partial charge in [-0.25, -0.2) is 0 Å². The molecule has 3 rings (SSSR count). The molecule has 21 heavy (non-hydrogen) atoms. The van der Waals surface area contributed by atoms with Gasteiger partial charge in [0.2, 0.25) is 11.5 Å². The van der Waals surface area contributed by atoms with E-state index in [1.807, 2.05) is 13.8 Å². The molecule has 6 heteroatoms. The Hall–Kier alpha value is -1.66. The Labute approximate surface area is 123 Å². The van der Waals surface area contributed by atoms with Gasteiger partial charge in [-0.15, -0.1) is 0 Å². The van der Waals surface area contributed by atoms with Crippen LogP contribution in [0.15, 0.2) is 23.1 Å². The number of nitrogens with zero attached hydrogens (tertiary/aromatic N) is 1. The summed E-state index contributed by atoms with van der Waals surface area (Å²) in [6, 6.07) is 3.02. The van der Waals surface area contributed by atoms with E-state index < -0.39 is 11.0 Å². The Morgan fingerprint density at radius 3 is 2.86 bits per heavy atom. The predicted molar refractivity (Wildman–Crippen MR) is 78.9 cm³/mol. The van der Waals surface area contributed by atoms with Crippen LogP contribution in [0.4, 0.5) is 5.69 Å². The average Bonchev–Trinajstić information content (AvgIpc) is 2.90. The molecule has 2 heterocycles. The molecule has 2 aliphatic rings. The van der Waals surface area contributed by atoms with Crippen LogP contribution in [0.3, 0.4) is 0 Å². The van der Waals surface area contributed by atoms with Crippen molar-refractivity contribution in [2.24, 2.45) is 24.1 Å². The lowest BCUT2D eigenvalue weighted by Gasteiger charge is -2.60. The largest absolute Gasteiger partial charge is 0.377 e. The number of hydrogen-bond donors (Lipinski definition) is 2. The van der Waals surface area contributed by atoms with Crippen molar-refractivity contribution in [3.05, 3.63) is 28.7 Å². The van der Waals surface area contributed by atoms with E-state index in [1.54, 1.807) is 19.3 Å². The Bertz CT molecular complexity index is 652. The Kier molecular flexibility index (Phi) is 3.00. The van der Waals surface area contributed by atoms with E-state index in [9.17, 15) is 9.59 Å². The first-order valence-corrected chi connectivity index (χ1v) is 7.17. The van der Waals surface area contributed by atoms with E-state index >= 15 is 0 Å². The van der Waals surface area contributed by atoms with Crippen LogP contribution in [-0.2, 0) is 16.6 Å². The third-order valence-corrected chi connectivity index (χ3v) is 5.17. The van der Waals surface area contributed by atoms with Gasteiger partial charge in [-0.2, -0.15) is 0 Å². The second kappa shape index (κ2) is 4.42. The molecule has 0 radical (unpaired) electrons. The van der Waals surface area contributed by atoms with Crippen LogP contribution in [-0.4, -0.2) is 28.7 Å². The number of aromatic nitrogens is 1. The number of anilines is 1. The highest BCUT2D eigenvalue weighted by molar-refractivity contribution is 6.00. The van der Waals surface area contributed by atoms with E-state index in [2.05, 4.69) is 5.32 Å². The lowest BCUT2D eigenvalue weighted by molar-refractivity contribution is -0.170. The number of ether oxygens (including phenoxy) is 1. The summed E-state index contributed by atoms with van der Waals surface area (Å²) >= 11 is 0. The molecule has 3 unspecified atom stereocenters. The van der Waals surface area contributed by atoms with Crippen LogP contribution >= 0.6 is 0 Å². The van der Waals surface area contributed by atoms with Crippen molar-refractivity contribution in [2.75, 3.05) is 11.9 Å². The highest BCUT2D eigenvalue weighted by atomic mass is 16.5. The molecular weight excluding hydrogens is 270 g/mol. The van der Waals surface area contributed by atoms with Gasteiger partial charge >= 0.3 is 0 Å². The number of amides is 1. The minimum Gasteiger partial charge on any atom is -0.377 e. The summed E-state index contributed by atoms with van der Waals surface area (Å²) in [5.74, 6) is -0.155. The second-order valence-corrected chi connectivity index (χ2v) is 6.60. The third kappa shape index (κ3) is 1.79. The number of rotatable bonds is 2. The number of aryl methyl sites for hydroxylation is 1. The molecule has 0 aromatic carbocycles. The smallest absolute Gasteiger partial charge is 0.250 e. The van der Waals surface area contributed by atoms with Crippen molar-refractivity contribution in [1.82, 2.24) is 4.57 Å². The molecule has 3 atom stereocenters. The van der Waals surface area contributed by atoms with E-state index in [-0.39, 0.29) is 23.5 Å². The van der Waals surface area contributed by atoms with Gasteiger partial charge in [0.15, 0.2) is 0 Å². The Morgan fingerprint density at radius 1 is 1.48 bits per heavy atom. The molecule has 1 amide bonds. The highest BCUT2D eigenvalue weighted by Gasteiger charge is 2.71. The Morgan fingerprint density at radius 2 is 2.19 bits per heavy atom. The molecule has 1 aliphatic heterocycles. The standard InChI is InChI=1S/C15H21N3O3/c1-14(2)12-10(6-7-21-12)15(14,16)13(20)17-9-4-5-11(19)18(3)8-9/h4-5,8,10,12H,6-7,16H2,1-3H3,(H,17,20). The van der Waals surface area contributed by atoms with Gasteiger partial charge in [-0.1, -0.05) is 13.8 Å². The Balaban J connectivity index is 1.85. The summed E-state index contributed by atoms with van der Waals surface area (Å²) in [5, 5.41) is 2.84. The monoisotopic (exact) mass is 291 g/mol. The van der Waals surface area contributed by atoms with Crippen molar-refractivity contribution >= 4 is 11.6 Å². The fourth-order valence-corrected chi connectivity index (χ4v) is 3.75. The molecule has 1 saturated heterocycles. The van der Waals surface area contributed by atoms with Crippen molar-refractivity contribution in [2.45, 2.75) is 31.9 Å². The van der Waals surface area contributed by atoms with Gasteiger partial charge in [0.25, 0.3) is 0 Å². The molecule has 0 bridgehead atoms. The molecule has 114 valence electrons. The zero-order valence-corrected chi connectivity index (χ0v) is 12.6. The first-order chi connectivity index (χ1) is 9.78. The van der Waals surface area contributed by atoms with Crippen LogP contribution < -0.4 is 16.6 Å². The van der Waals surface area contributed by atoms with Gasteiger partial charge in [0.05, 0.1) is 11.8 Å². The lowest BCUT2D eigenvalue weighted by Crippen LogP contribution is -2.79. The van der Waals surface area contributed by atoms with Crippen molar-refractivity contribution in [1.29, 1.82) is 0 Å². The summed E-state index contributed by atoms with van der Waals surface area (Å²) in [5.41, 5.74) is 5.57. The zero-order chi connectivity index (χ0) is 15.4. The third-order valence-electron chi connectivity index (χ3n) is 5.17. The lowest BCUT2D eigenvalue weighted by atomic mass is 9.48. The number of nitrogens with one attached hydrogen (secondary N) is 1. The fraction of sp³-hybridized carbons (Fsp3) is 0.600. The minimum atomic E-state index is -0.942. The number of pyridine rings is 1. The fourth-order valence-electron chi connectivity index (χ4n) is 3.75. The van der Waals surface area contributed by atoms with Crippen molar-refractivity contribution in [3.63, 3.8) is 0 Å². The van der Waals surface area contributed by atoms with Crippen LogP contribution in [0.1, 0.15) is 20.3 Å². The maximum absolute atomic E-state index is 12.7. The van der Waals surface area contributed by atoms with Crippen molar-refractivity contribution in [3.8, 4) is 0 Å². The van der Waals surface area contributed by atoms with Gasteiger partial charge in [0, 0.05) is 37.3 Å². The molecule has 1 aliphatic carbocycles. The number of hydrogen-bond acceptors (Lipinski definition) is 4. The summed E-state index contributed by atoms with van der Waals surface area (Å²) in [6.07, 6.45) is 2.46. The molecule has 1 aromatic rings. The molecular formula is C15H21N3O3. The summed E-state index contributed by atoms with van der Waals surface area (Å²) in [4.78, 5) is 24.1. The molecule has 1 aromatic heterocycles. The first kappa shape index (κ1) is 14.3. The van der Waals surface area contributed by atoms with Crippen molar-refractivity contribution < 1.29 is 9.53 Å². The van der Waals surface area contributed by atoms with E-state index in [4.69, 9.17) is 10.5 Å². The van der Waals surface area contributed by atoms with Crippen LogP contribution in [0, 0.1) is 11.3 Å². The van der Waals surface area contributed by atoms with Gasteiger partial charge in [0.1, 0.15) is 5.54 Å². The van der Waals surface area contributed by atoms with Gasteiger partial charge < -0.3 is 20.4 Å². The van der Waals surface area contributed by atoms with E-state index in [0.29, 0.717) is 12.3 Å². The maximum atomic E-state index is 12.7. The molecule has 6 nitrogen and oxygen atoms in total. The number of nitrogens with two attached hydrogens (primary N) is 1. The SMILES string of the molecule is Cn1cc(NC(=O)C2(N)C3CCOC3C2(C)C)ccc1=O. The summed E-state index contributed by atoms with van der Waals surface area (Å²) in [6.45, 7) is 4.60. The van der Waals surface area contributed by atoms with Crippen LogP contribution in [0.2, 0.25) is 0 Å². The topological polar surface area (TPSA) is 86.3 Å². The number of fused-ring (bicyclic) bond motifs is 1. The maximum Gasteiger partial charge on any atom is 0.250 e. The summed E-state index contributed by atoms with van der Waals surface area (Å²) in [7, 11) is 1.64. The van der Waals surface area contributed by atoms with E-state index in [0.717, 1.165) is 6.42 Å². The highest BCUT2D eigenvalue weighted by Crippen LogP contribution is 2.58. The van der Waals surface area contributed by atoms with Crippen LogP contribution in [0.25, 0.3) is 0 Å².